The second-order valence-corrected chi connectivity index (χ2v) is 8.99. The molecule has 6 nitrogen and oxygen atoms in total. The zero-order valence-electron chi connectivity index (χ0n) is 15.6. The Hall–Kier alpha value is -2.27. The summed E-state index contributed by atoms with van der Waals surface area (Å²) in [6, 6.07) is 12.7. The maximum absolute atomic E-state index is 10.7. The second kappa shape index (κ2) is 7.39. The molecule has 0 spiro atoms. The molecule has 0 aliphatic carbocycles. The predicted octanol–water partition coefficient (Wildman–Crippen LogP) is 2.04. The Labute approximate surface area is 160 Å². The van der Waals surface area contributed by atoms with E-state index < -0.39 is 10.1 Å². The van der Waals surface area contributed by atoms with Crippen molar-refractivity contribution in [3.05, 3.63) is 58.9 Å². The Morgan fingerprint density at radius 1 is 1.22 bits per heavy atom. The third-order valence-electron chi connectivity index (χ3n) is 5.02. The number of aromatic nitrogens is 1. The molecule has 142 valence electrons. The van der Waals surface area contributed by atoms with Gasteiger partial charge in [0.15, 0.2) is 11.9 Å². The van der Waals surface area contributed by atoms with Crippen LogP contribution < -0.4 is 9.88 Å². The fraction of sp³-hybridized carbons (Fsp3) is 0.400. The summed E-state index contributed by atoms with van der Waals surface area (Å²) in [7, 11) is -3.89. The van der Waals surface area contributed by atoms with Crippen molar-refractivity contribution < 1.29 is 17.5 Å². The van der Waals surface area contributed by atoms with Crippen molar-refractivity contribution in [2.24, 2.45) is 0 Å². The fourth-order valence-electron chi connectivity index (χ4n) is 3.59. The van der Waals surface area contributed by atoms with Gasteiger partial charge in [-0.05, 0) is 44.0 Å². The molecule has 0 unspecified atom stereocenters. The van der Waals surface area contributed by atoms with E-state index in [0.717, 1.165) is 16.8 Å². The number of nitrogens with zero attached hydrogens (tertiary/aromatic N) is 2. The van der Waals surface area contributed by atoms with Crippen molar-refractivity contribution in [2.75, 3.05) is 12.3 Å². The van der Waals surface area contributed by atoms with E-state index in [0.29, 0.717) is 25.9 Å². The molecule has 1 aliphatic heterocycles. The summed E-state index contributed by atoms with van der Waals surface area (Å²) in [6.07, 6.45) is 2.81. The fourth-order valence-corrected chi connectivity index (χ4v) is 4.10. The van der Waals surface area contributed by atoms with Crippen molar-refractivity contribution in [1.82, 2.24) is 5.32 Å². The minimum Gasteiger partial charge on any atom is -0.313 e. The Bertz CT molecular complexity index is 1010. The van der Waals surface area contributed by atoms with Gasteiger partial charge in [0.05, 0.1) is 23.7 Å². The molecule has 2 heterocycles. The molecule has 1 aliphatic rings. The lowest BCUT2D eigenvalue weighted by Gasteiger charge is -2.15. The normalized spacial score (nSPS) is 14.4. The molecule has 0 radical (unpaired) electrons. The monoisotopic (exact) mass is 386 g/mol. The highest BCUT2D eigenvalue weighted by Crippen LogP contribution is 2.38. The van der Waals surface area contributed by atoms with Crippen LogP contribution in [0.1, 0.15) is 42.7 Å². The van der Waals surface area contributed by atoms with Crippen LogP contribution in [-0.4, -0.2) is 25.3 Å². The molecule has 2 aromatic rings. The molecule has 0 fully saturated rings. The molecule has 27 heavy (non-hydrogen) atoms. The van der Waals surface area contributed by atoms with E-state index in [9.17, 15) is 8.42 Å². The number of benzene rings is 1. The first-order chi connectivity index (χ1) is 12.7. The largest absolute Gasteiger partial charge is 0.313 e. The van der Waals surface area contributed by atoms with E-state index in [2.05, 4.69) is 54.1 Å². The summed E-state index contributed by atoms with van der Waals surface area (Å²) in [5.74, 6) is -0.228. The van der Waals surface area contributed by atoms with Crippen LogP contribution in [0.4, 0.5) is 0 Å². The molecular formula is C20H24N3O3S+. The van der Waals surface area contributed by atoms with Crippen LogP contribution in [0.2, 0.25) is 0 Å². The SMILES string of the molecule is CC1(C)c2cc(CNCCCS(=O)(=O)O)ccc2-[n+]2ccc(CC#N)cc21. The lowest BCUT2D eigenvalue weighted by Crippen LogP contribution is -2.34. The van der Waals surface area contributed by atoms with Gasteiger partial charge in [-0.1, -0.05) is 6.07 Å². The van der Waals surface area contributed by atoms with Gasteiger partial charge in [0, 0.05) is 30.3 Å². The van der Waals surface area contributed by atoms with Crippen LogP contribution in [0.3, 0.4) is 0 Å². The minimum atomic E-state index is -3.89. The zero-order valence-corrected chi connectivity index (χ0v) is 16.4. The zero-order chi connectivity index (χ0) is 19.7. The summed E-state index contributed by atoms with van der Waals surface area (Å²) in [5.41, 5.74) is 5.53. The van der Waals surface area contributed by atoms with Crippen molar-refractivity contribution in [1.29, 1.82) is 5.26 Å². The Kier molecular flexibility index (Phi) is 5.33. The molecule has 2 N–H and O–H groups in total. The average Bonchev–Trinajstić information content (AvgIpc) is 2.81. The van der Waals surface area contributed by atoms with E-state index >= 15 is 0 Å². The summed E-state index contributed by atoms with van der Waals surface area (Å²) in [6.45, 7) is 5.52. The second-order valence-electron chi connectivity index (χ2n) is 7.42. The summed E-state index contributed by atoms with van der Waals surface area (Å²) in [5, 5.41) is 12.2. The van der Waals surface area contributed by atoms with Crippen LogP contribution in [0.15, 0.2) is 36.5 Å². The molecule has 1 aromatic heterocycles. The van der Waals surface area contributed by atoms with Crippen molar-refractivity contribution in [2.45, 2.75) is 38.6 Å². The van der Waals surface area contributed by atoms with Gasteiger partial charge in [0.2, 0.25) is 5.69 Å². The molecular weight excluding hydrogens is 362 g/mol. The number of hydrogen-bond donors (Lipinski definition) is 2. The smallest absolute Gasteiger partial charge is 0.264 e. The highest BCUT2D eigenvalue weighted by atomic mass is 32.2. The van der Waals surface area contributed by atoms with Gasteiger partial charge in [-0.15, -0.1) is 0 Å². The van der Waals surface area contributed by atoms with Crippen molar-refractivity contribution in [3.8, 4) is 11.8 Å². The van der Waals surface area contributed by atoms with Crippen molar-refractivity contribution in [3.63, 3.8) is 0 Å². The summed E-state index contributed by atoms with van der Waals surface area (Å²) in [4.78, 5) is 0. The lowest BCUT2D eigenvalue weighted by atomic mass is 9.82. The predicted molar refractivity (Wildman–Crippen MR) is 102 cm³/mol. The highest BCUT2D eigenvalue weighted by molar-refractivity contribution is 7.85. The number of nitriles is 1. The van der Waals surface area contributed by atoms with E-state index in [4.69, 9.17) is 9.81 Å². The number of hydrogen-bond acceptors (Lipinski definition) is 4. The average molecular weight is 386 g/mol. The maximum atomic E-state index is 10.7. The Morgan fingerprint density at radius 2 is 2.00 bits per heavy atom. The third-order valence-corrected chi connectivity index (χ3v) is 5.83. The van der Waals surface area contributed by atoms with E-state index in [1.54, 1.807) is 0 Å². The molecule has 0 atom stereocenters. The van der Waals surface area contributed by atoms with Gasteiger partial charge in [0.25, 0.3) is 10.1 Å². The Morgan fingerprint density at radius 3 is 2.70 bits per heavy atom. The van der Waals surface area contributed by atoms with Crippen LogP contribution in [0, 0.1) is 11.3 Å². The number of fused-ring (bicyclic) bond motifs is 3. The van der Waals surface area contributed by atoms with Gasteiger partial charge in [0.1, 0.15) is 0 Å². The first kappa shape index (κ1) is 19.5. The molecule has 1 aromatic carbocycles. The minimum absolute atomic E-state index is 0.165. The van der Waals surface area contributed by atoms with E-state index in [-0.39, 0.29) is 11.2 Å². The van der Waals surface area contributed by atoms with Gasteiger partial charge in [-0.25, -0.2) is 0 Å². The quantitative estimate of drug-likeness (QED) is 0.431. The van der Waals surface area contributed by atoms with Crippen molar-refractivity contribution >= 4 is 10.1 Å². The number of rotatable bonds is 7. The highest BCUT2D eigenvalue weighted by Gasteiger charge is 2.43. The summed E-state index contributed by atoms with van der Waals surface area (Å²) < 4.78 is 32.4. The molecule has 0 saturated carbocycles. The summed E-state index contributed by atoms with van der Waals surface area (Å²) >= 11 is 0. The lowest BCUT2D eigenvalue weighted by molar-refractivity contribution is -0.599. The van der Waals surface area contributed by atoms with E-state index in [1.807, 2.05) is 12.3 Å². The Balaban J connectivity index is 1.76. The van der Waals surface area contributed by atoms with Gasteiger partial charge >= 0.3 is 0 Å². The topological polar surface area (TPSA) is 94.1 Å². The third kappa shape index (κ3) is 4.19. The van der Waals surface area contributed by atoms with Crippen LogP contribution in [0.25, 0.3) is 5.69 Å². The number of pyridine rings is 1. The first-order valence-electron chi connectivity index (χ1n) is 8.94. The molecule has 0 saturated heterocycles. The maximum Gasteiger partial charge on any atom is 0.264 e. The van der Waals surface area contributed by atoms with Crippen LogP contribution in [-0.2, 0) is 28.5 Å². The molecule has 0 bridgehead atoms. The molecule has 7 heteroatoms. The number of nitrogens with one attached hydrogen (secondary N) is 1. The first-order valence-corrected chi connectivity index (χ1v) is 10.5. The van der Waals surface area contributed by atoms with E-state index in [1.165, 1.54) is 11.3 Å². The molecule has 3 rings (SSSR count). The van der Waals surface area contributed by atoms with Gasteiger partial charge in [-0.3, -0.25) is 4.55 Å². The standard InChI is InChI=1S/C20H23N3O3S/c1-20(2)17-12-16(14-22-9-3-11-27(24,25)26)4-5-18(17)23-10-7-15(6-8-21)13-19(20)23/h4-5,7,10,12-13,22H,3,6,9,11,14H2,1-2H3/p+1. The van der Waals surface area contributed by atoms with Gasteiger partial charge < -0.3 is 5.32 Å². The van der Waals surface area contributed by atoms with Gasteiger partial charge in [-0.2, -0.15) is 18.2 Å². The van der Waals surface area contributed by atoms with Crippen LogP contribution >= 0.6 is 0 Å². The van der Waals surface area contributed by atoms with Crippen LogP contribution in [0.5, 0.6) is 0 Å². The molecule has 0 amide bonds.